The molecular weight excluding hydrogens is 380 g/mol. The van der Waals surface area contributed by atoms with Crippen LogP contribution in [0.25, 0.3) is 22.8 Å². The van der Waals surface area contributed by atoms with Gasteiger partial charge in [0.15, 0.2) is 0 Å². The van der Waals surface area contributed by atoms with Crippen LogP contribution in [0.1, 0.15) is 24.3 Å². The Bertz CT molecular complexity index is 1100. The van der Waals surface area contributed by atoms with Crippen molar-refractivity contribution in [3.63, 3.8) is 0 Å². The van der Waals surface area contributed by atoms with Crippen molar-refractivity contribution in [2.75, 3.05) is 13.7 Å². The van der Waals surface area contributed by atoms with Crippen molar-refractivity contribution in [1.29, 1.82) is 0 Å². The SMILES string of the molecule is CCOc1ccccc1-c1nc(CN(C)Cc2nc(-c3ccccc3)no2)c(C)o1. The topological polar surface area (TPSA) is 77.4 Å². The molecule has 0 spiro atoms. The Morgan fingerprint density at radius 1 is 0.967 bits per heavy atom. The molecule has 7 nitrogen and oxygen atoms in total. The predicted molar refractivity (Wildman–Crippen MR) is 113 cm³/mol. The highest BCUT2D eigenvalue weighted by Gasteiger charge is 2.17. The number of para-hydroxylation sites is 1. The van der Waals surface area contributed by atoms with E-state index >= 15 is 0 Å². The van der Waals surface area contributed by atoms with Gasteiger partial charge in [0.1, 0.15) is 11.5 Å². The zero-order chi connectivity index (χ0) is 20.9. The number of hydrogen-bond donors (Lipinski definition) is 0. The zero-order valence-electron chi connectivity index (χ0n) is 17.3. The molecule has 4 rings (SSSR count). The summed E-state index contributed by atoms with van der Waals surface area (Å²) in [5.74, 6) is 3.24. The molecule has 0 atom stereocenters. The fourth-order valence-corrected chi connectivity index (χ4v) is 3.18. The second kappa shape index (κ2) is 8.92. The molecule has 2 aromatic carbocycles. The second-order valence-corrected chi connectivity index (χ2v) is 7.00. The van der Waals surface area contributed by atoms with Gasteiger partial charge >= 0.3 is 0 Å². The van der Waals surface area contributed by atoms with E-state index < -0.39 is 0 Å². The molecule has 0 saturated carbocycles. The molecule has 0 radical (unpaired) electrons. The maximum atomic E-state index is 5.93. The van der Waals surface area contributed by atoms with Gasteiger partial charge in [0.2, 0.25) is 17.6 Å². The van der Waals surface area contributed by atoms with E-state index in [1.165, 1.54) is 0 Å². The lowest BCUT2D eigenvalue weighted by molar-refractivity contribution is 0.258. The van der Waals surface area contributed by atoms with Crippen LogP contribution in [0.2, 0.25) is 0 Å². The van der Waals surface area contributed by atoms with Crippen molar-refractivity contribution in [2.24, 2.45) is 0 Å². The monoisotopic (exact) mass is 404 g/mol. The van der Waals surface area contributed by atoms with Gasteiger partial charge in [-0.05, 0) is 33.0 Å². The fourth-order valence-electron chi connectivity index (χ4n) is 3.18. The second-order valence-electron chi connectivity index (χ2n) is 7.00. The van der Waals surface area contributed by atoms with Crippen molar-refractivity contribution in [3.8, 4) is 28.6 Å². The van der Waals surface area contributed by atoms with Gasteiger partial charge < -0.3 is 13.7 Å². The number of benzene rings is 2. The first-order chi connectivity index (χ1) is 14.6. The van der Waals surface area contributed by atoms with Gasteiger partial charge in [-0.25, -0.2) is 4.98 Å². The highest BCUT2D eigenvalue weighted by Crippen LogP contribution is 2.31. The number of nitrogens with zero attached hydrogens (tertiary/aromatic N) is 4. The average Bonchev–Trinajstić information content (AvgIpc) is 3.36. The van der Waals surface area contributed by atoms with Gasteiger partial charge in [0.25, 0.3) is 0 Å². The summed E-state index contributed by atoms with van der Waals surface area (Å²) in [5.41, 5.74) is 2.64. The maximum absolute atomic E-state index is 5.93. The first-order valence-corrected chi connectivity index (χ1v) is 9.89. The minimum Gasteiger partial charge on any atom is -0.493 e. The summed E-state index contributed by atoms with van der Waals surface area (Å²) in [6.45, 7) is 5.57. The van der Waals surface area contributed by atoms with Crippen LogP contribution in [0.5, 0.6) is 5.75 Å². The molecule has 0 N–H and O–H groups in total. The van der Waals surface area contributed by atoms with Crippen LogP contribution in [-0.4, -0.2) is 33.7 Å². The highest BCUT2D eigenvalue weighted by atomic mass is 16.5. The Kier molecular flexibility index (Phi) is 5.90. The third kappa shape index (κ3) is 4.41. The summed E-state index contributed by atoms with van der Waals surface area (Å²) < 4.78 is 17.0. The first-order valence-electron chi connectivity index (χ1n) is 9.89. The molecule has 30 heavy (non-hydrogen) atoms. The largest absolute Gasteiger partial charge is 0.493 e. The highest BCUT2D eigenvalue weighted by molar-refractivity contribution is 5.63. The standard InChI is InChI=1S/C23H24N4O3/c1-4-28-20-13-9-8-12-18(20)23-24-19(16(2)29-23)14-27(3)15-21-25-22(26-30-21)17-10-6-5-7-11-17/h5-13H,4,14-15H2,1-3H3. The van der Waals surface area contributed by atoms with Crippen molar-refractivity contribution < 1.29 is 13.7 Å². The maximum Gasteiger partial charge on any atom is 0.241 e. The van der Waals surface area contributed by atoms with Gasteiger partial charge in [0, 0.05) is 12.1 Å². The minimum atomic E-state index is 0.511. The van der Waals surface area contributed by atoms with E-state index in [4.69, 9.17) is 18.7 Å². The van der Waals surface area contributed by atoms with Crippen LogP contribution in [0.4, 0.5) is 0 Å². The first kappa shape index (κ1) is 19.8. The molecule has 2 heterocycles. The van der Waals surface area contributed by atoms with E-state index in [1.54, 1.807) is 0 Å². The summed E-state index contributed by atoms with van der Waals surface area (Å²) >= 11 is 0. The molecule has 2 aromatic heterocycles. The van der Waals surface area contributed by atoms with E-state index in [2.05, 4.69) is 15.0 Å². The van der Waals surface area contributed by atoms with E-state index in [1.807, 2.05) is 75.5 Å². The summed E-state index contributed by atoms with van der Waals surface area (Å²) in [4.78, 5) is 11.3. The normalized spacial score (nSPS) is 11.2. The van der Waals surface area contributed by atoms with E-state index in [0.717, 1.165) is 28.3 Å². The third-order valence-electron chi connectivity index (χ3n) is 4.63. The lowest BCUT2D eigenvalue weighted by Gasteiger charge is -2.12. The van der Waals surface area contributed by atoms with Gasteiger partial charge in [-0.1, -0.05) is 47.6 Å². The molecule has 0 saturated heterocycles. The van der Waals surface area contributed by atoms with Crippen LogP contribution in [0.15, 0.2) is 63.5 Å². The molecule has 0 amide bonds. The van der Waals surface area contributed by atoms with Crippen LogP contribution >= 0.6 is 0 Å². The average molecular weight is 404 g/mol. The number of hydrogen-bond acceptors (Lipinski definition) is 7. The summed E-state index contributed by atoms with van der Waals surface area (Å²) in [6.07, 6.45) is 0. The molecule has 0 aliphatic rings. The minimum absolute atomic E-state index is 0.511. The van der Waals surface area contributed by atoms with E-state index in [0.29, 0.717) is 37.3 Å². The lowest BCUT2D eigenvalue weighted by Crippen LogP contribution is -2.18. The van der Waals surface area contributed by atoms with Crippen molar-refractivity contribution in [2.45, 2.75) is 26.9 Å². The third-order valence-corrected chi connectivity index (χ3v) is 4.63. The van der Waals surface area contributed by atoms with E-state index in [9.17, 15) is 0 Å². The summed E-state index contributed by atoms with van der Waals surface area (Å²) in [7, 11) is 1.98. The Morgan fingerprint density at radius 3 is 2.53 bits per heavy atom. The number of ether oxygens (including phenoxy) is 1. The van der Waals surface area contributed by atoms with Gasteiger partial charge in [-0.15, -0.1) is 0 Å². The van der Waals surface area contributed by atoms with E-state index in [-0.39, 0.29) is 0 Å². The van der Waals surface area contributed by atoms with Crippen molar-refractivity contribution >= 4 is 0 Å². The van der Waals surface area contributed by atoms with Crippen LogP contribution in [-0.2, 0) is 13.1 Å². The predicted octanol–water partition coefficient (Wildman–Crippen LogP) is 4.73. The quantitative estimate of drug-likeness (QED) is 0.420. The number of aromatic nitrogens is 3. The summed E-state index contributed by atoms with van der Waals surface area (Å²) in [6, 6.07) is 17.5. The van der Waals surface area contributed by atoms with Gasteiger partial charge in [-0.3, -0.25) is 4.90 Å². The number of aryl methyl sites for hydroxylation is 1. The fraction of sp³-hybridized carbons (Fsp3) is 0.261. The van der Waals surface area contributed by atoms with Gasteiger partial charge in [0.05, 0.1) is 24.4 Å². The number of oxazole rings is 1. The Balaban J connectivity index is 1.46. The smallest absolute Gasteiger partial charge is 0.241 e. The van der Waals surface area contributed by atoms with Crippen molar-refractivity contribution in [3.05, 3.63) is 71.9 Å². The Hall–Kier alpha value is -3.45. The zero-order valence-corrected chi connectivity index (χ0v) is 17.3. The molecule has 7 heteroatoms. The Morgan fingerprint density at radius 2 is 1.73 bits per heavy atom. The molecule has 154 valence electrons. The summed E-state index contributed by atoms with van der Waals surface area (Å²) in [5, 5.41) is 4.07. The van der Waals surface area contributed by atoms with Crippen molar-refractivity contribution in [1.82, 2.24) is 20.0 Å². The molecule has 0 bridgehead atoms. The van der Waals surface area contributed by atoms with Crippen LogP contribution < -0.4 is 4.74 Å². The molecule has 0 aliphatic heterocycles. The van der Waals surface area contributed by atoms with Crippen LogP contribution in [0.3, 0.4) is 0 Å². The molecule has 0 aliphatic carbocycles. The molecule has 0 unspecified atom stereocenters. The lowest BCUT2D eigenvalue weighted by atomic mass is 10.2. The Labute approximate surface area is 175 Å². The molecule has 4 aromatic rings. The number of rotatable bonds is 8. The van der Waals surface area contributed by atoms with Crippen LogP contribution in [0, 0.1) is 6.92 Å². The van der Waals surface area contributed by atoms with Gasteiger partial charge in [-0.2, -0.15) is 4.98 Å². The molecule has 0 fully saturated rings. The molecular formula is C23H24N4O3.